The van der Waals surface area contributed by atoms with Gasteiger partial charge < -0.3 is 19.5 Å². The topological polar surface area (TPSA) is 59.4 Å². The van der Waals surface area contributed by atoms with Crippen molar-refractivity contribution in [3.63, 3.8) is 0 Å². The maximum atomic E-state index is 13.2. The fourth-order valence-electron chi connectivity index (χ4n) is 4.21. The molecule has 0 radical (unpaired) electrons. The number of nitrogens with one attached hydrogen (secondary N) is 1. The van der Waals surface area contributed by atoms with Crippen molar-refractivity contribution < 1.29 is 9.53 Å². The van der Waals surface area contributed by atoms with Crippen LogP contribution in [0.4, 0.5) is 10.5 Å². The number of urea groups is 1. The van der Waals surface area contributed by atoms with Gasteiger partial charge in [0.05, 0.1) is 29.4 Å². The van der Waals surface area contributed by atoms with Gasteiger partial charge in [-0.25, -0.2) is 9.78 Å². The van der Waals surface area contributed by atoms with E-state index in [0.717, 1.165) is 60.5 Å². The second kappa shape index (κ2) is 8.78. The zero-order chi connectivity index (χ0) is 21.1. The van der Waals surface area contributed by atoms with Crippen LogP contribution in [0.25, 0.3) is 11.0 Å². The first-order valence-electron chi connectivity index (χ1n) is 10.9. The number of hydrogen-bond acceptors (Lipinski definition) is 3. The molecule has 2 amide bonds. The molecular weight excluding hydrogens is 376 g/mol. The van der Waals surface area contributed by atoms with Crippen molar-refractivity contribution in [1.82, 2.24) is 14.5 Å². The number of likely N-dealkylation sites (tertiary alicyclic amines) is 1. The molecule has 1 fully saturated rings. The molecule has 158 valence electrons. The number of benzene rings is 2. The number of amides is 2. The minimum atomic E-state index is -0.0996. The zero-order valence-electron chi connectivity index (χ0n) is 18.0. The van der Waals surface area contributed by atoms with E-state index in [1.54, 1.807) is 0 Å². The molecule has 1 N–H and O–H groups in total. The predicted octanol–water partition coefficient (Wildman–Crippen LogP) is 5.52. The lowest BCUT2D eigenvalue weighted by Crippen LogP contribution is -2.35. The third-order valence-corrected chi connectivity index (χ3v) is 5.65. The van der Waals surface area contributed by atoms with Crippen molar-refractivity contribution in [3.8, 4) is 5.75 Å². The van der Waals surface area contributed by atoms with E-state index in [0.29, 0.717) is 12.3 Å². The Labute approximate surface area is 177 Å². The number of carbonyl (C=O) groups is 1. The summed E-state index contributed by atoms with van der Waals surface area (Å²) in [6.07, 6.45) is 2.81. The summed E-state index contributed by atoms with van der Waals surface area (Å²) in [6.45, 7) is 8.40. The number of anilines is 1. The van der Waals surface area contributed by atoms with Crippen LogP contribution in [0.1, 0.15) is 50.5 Å². The monoisotopic (exact) mass is 406 g/mol. The Morgan fingerprint density at radius 2 is 2.07 bits per heavy atom. The second-order valence-corrected chi connectivity index (χ2v) is 7.83. The van der Waals surface area contributed by atoms with Crippen molar-refractivity contribution >= 4 is 22.8 Å². The SMILES string of the molecule is CCCOc1cc(C)ccc1NC(=O)N1CCCC1c1nc2ccccc2n1CC. The Morgan fingerprint density at radius 1 is 1.23 bits per heavy atom. The first-order chi connectivity index (χ1) is 14.6. The molecule has 2 heterocycles. The van der Waals surface area contributed by atoms with Crippen LogP contribution < -0.4 is 10.1 Å². The van der Waals surface area contributed by atoms with Gasteiger partial charge in [-0.15, -0.1) is 0 Å². The Morgan fingerprint density at radius 3 is 2.87 bits per heavy atom. The quantitative estimate of drug-likeness (QED) is 0.586. The number of rotatable bonds is 6. The molecule has 1 aromatic heterocycles. The smallest absolute Gasteiger partial charge is 0.322 e. The molecule has 1 aliphatic heterocycles. The van der Waals surface area contributed by atoms with E-state index in [2.05, 4.69) is 29.8 Å². The molecule has 0 aliphatic carbocycles. The van der Waals surface area contributed by atoms with Gasteiger partial charge in [0.2, 0.25) is 0 Å². The largest absolute Gasteiger partial charge is 0.491 e. The Bertz CT molecular complexity index is 1040. The first-order valence-corrected chi connectivity index (χ1v) is 10.9. The average molecular weight is 407 g/mol. The summed E-state index contributed by atoms with van der Waals surface area (Å²) in [5.74, 6) is 1.69. The van der Waals surface area contributed by atoms with E-state index < -0.39 is 0 Å². The number of fused-ring (bicyclic) bond motifs is 1. The number of ether oxygens (including phenoxy) is 1. The van der Waals surface area contributed by atoms with Crippen molar-refractivity contribution in [1.29, 1.82) is 0 Å². The van der Waals surface area contributed by atoms with Crippen molar-refractivity contribution in [2.45, 2.75) is 52.6 Å². The average Bonchev–Trinajstić information content (AvgIpc) is 3.38. The Balaban J connectivity index is 1.60. The highest BCUT2D eigenvalue weighted by molar-refractivity contribution is 5.91. The number of nitrogens with zero attached hydrogens (tertiary/aromatic N) is 3. The van der Waals surface area contributed by atoms with Crippen LogP contribution in [-0.4, -0.2) is 33.6 Å². The highest BCUT2D eigenvalue weighted by atomic mass is 16.5. The molecule has 1 atom stereocenters. The van der Waals surface area contributed by atoms with Gasteiger partial charge in [0.25, 0.3) is 0 Å². The predicted molar refractivity (Wildman–Crippen MR) is 120 cm³/mol. The minimum absolute atomic E-state index is 0.0252. The van der Waals surface area contributed by atoms with Gasteiger partial charge in [0.15, 0.2) is 0 Å². The molecule has 3 aromatic rings. The molecule has 4 rings (SSSR count). The number of imidazole rings is 1. The lowest BCUT2D eigenvalue weighted by Gasteiger charge is -2.25. The van der Waals surface area contributed by atoms with Gasteiger partial charge in [0, 0.05) is 13.1 Å². The molecule has 6 heteroatoms. The van der Waals surface area contributed by atoms with Crippen LogP contribution in [0.5, 0.6) is 5.75 Å². The number of aromatic nitrogens is 2. The molecule has 0 saturated carbocycles. The molecule has 2 aromatic carbocycles. The van der Waals surface area contributed by atoms with Crippen LogP contribution in [0.3, 0.4) is 0 Å². The Hall–Kier alpha value is -3.02. The van der Waals surface area contributed by atoms with Crippen LogP contribution in [0, 0.1) is 6.92 Å². The standard InChI is InChI=1S/C24H30N4O2/c1-4-15-30-22-16-17(3)12-13-19(22)26-24(29)28-14-8-11-21(28)23-25-18-9-6-7-10-20(18)27(23)5-2/h6-7,9-10,12-13,16,21H,4-5,8,11,14-15H2,1-3H3,(H,26,29). The van der Waals surface area contributed by atoms with Gasteiger partial charge in [-0.1, -0.05) is 25.1 Å². The van der Waals surface area contributed by atoms with Crippen LogP contribution in [0.15, 0.2) is 42.5 Å². The molecule has 6 nitrogen and oxygen atoms in total. The summed E-state index contributed by atoms with van der Waals surface area (Å²) in [5.41, 5.74) is 3.93. The summed E-state index contributed by atoms with van der Waals surface area (Å²) in [5, 5.41) is 3.08. The third-order valence-electron chi connectivity index (χ3n) is 5.65. The van der Waals surface area contributed by atoms with E-state index in [1.165, 1.54) is 0 Å². The second-order valence-electron chi connectivity index (χ2n) is 7.83. The molecule has 1 saturated heterocycles. The van der Waals surface area contributed by atoms with Gasteiger partial charge in [-0.3, -0.25) is 0 Å². The maximum Gasteiger partial charge on any atom is 0.322 e. The number of aryl methyl sites for hydroxylation is 2. The van der Waals surface area contributed by atoms with Crippen molar-refractivity contribution in [2.24, 2.45) is 0 Å². The number of para-hydroxylation sites is 2. The first kappa shape index (κ1) is 20.3. The van der Waals surface area contributed by atoms with E-state index in [1.807, 2.05) is 48.2 Å². The molecular formula is C24H30N4O2. The molecule has 1 aliphatic rings. The van der Waals surface area contributed by atoms with Gasteiger partial charge in [-0.05, 0) is 62.9 Å². The molecule has 1 unspecified atom stereocenters. The highest BCUT2D eigenvalue weighted by Gasteiger charge is 2.34. The number of carbonyl (C=O) groups excluding carboxylic acids is 1. The van der Waals surface area contributed by atoms with E-state index in [4.69, 9.17) is 9.72 Å². The van der Waals surface area contributed by atoms with Gasteiger partial charge in [-0.2, -0.15) is 0 Å². The van der Waals surface area contributed by atoms with Crippen LogP contribution >= 0.6 is 0 Å². The fraction of sp³-hybridized carbons (Fsp3) is 0.417. The normalized spacial score (nSPS) is 16.2. The lowest BCUT2D eigenvalue weighted by atomic mass is 10.2. The van der Waals surface area contributed by atoms with Gasteiger partial charge >= 0.3 is 6.03 Å². The summed E-state index contributed by atoms with van der Waals surface area (Å²) >= 11 is 0. The maximum absolute atomic E-state index is 13.2. The highest BCUT2D eigenvalue weighted by Crippen LogP contribution is 2.35. The van der Waals surface area contributed by atoms with E-state index >= 15 is 0 Å². The van der Waals surface area contributed by atoms with Crippen LogP contribution in [0.2, 0.25) is 0 Å². The minimum Gasteiger partial charge on any atom is -0.491 e. The molecule has 0 bridgehead atoms. The summed E-state index contributed by atoms with van der Waals surface area (Å²) < 4.78 is 8.10. The molecule has 30 heavy (non-hydrogen) atoms. The number of hydrogen-bond donors (Lipinski definition) is 1. The summed E-state index contributed by atoms with van der Waals surface area (Å²) in [4.78, 5) is 20.1. The van der Waals surface area contributed by atoms with Crippen molar-refractivity contribution in [3.05, 3.63) is 53.9 Å². The fourth-order valence-corrected chi connectivity index (χ4v) is 4.21. The van der Waals surface area contributed by atoms with Crippen LogP contribution in [-0.2, 0) is 6.54 Å². The molecule has 0 spiro atoms. The van der Waals surface area contributed by atoms with Crippen molar-refractivity contribution in [2.75, 3.05) is 18.5 Å². The summed E-state index contributed by atoms with van der Waals surface area (Å²) in [6, 6.07) is 13.9. The van der Waals surface area contributed by atoms with E-state index in [9.17, 15) is 4.79 Å². The van der Waals surface area contributed by atoms with Gasteiger partial charge in [0.1, 0.15) is 11.6 Å². The van der Waals surface area contributed by atoms with E-state index in [-0.39, 0.29) is 12.1 Å². The zero-order valence-corrected chi connectivity index (χ0v) is 18.0. The Kier molecular flexibility index (Phi) is 5.93. The summed E-state index contributed by atoms with van der Waals surface area (Å²) in [7, 11) is 0. The lowest BCUT2D eigenvalue weighted by molar-refractivity contribution is 0.204. The third kappa shape index (κ3) is 3.86.